The molecule has 2 N–H and O–H groups in total. The Kier molecular flexibility index (Phi) is 4.79. The van der Waals surface area contributed by atoms with Crippen LogP contribution < -0.4 is 10.6 Å². The molecule has 0 unspecified atom stereocenters. The summed E-state index contributed by atoms with van der Waals surface area (Å²) in [4.78, 5) is 12.1. The van der Waals surface area contributed by atoms with E-state index in [0.29, 0.717) is 5.02 Å². The van der Waals surface area contributed by atoms with Crippen LogP contribution in [0.5, 0.6) is 0 Å². The van der Waals surface area contributed by atoms with Crippen LogP contribution in [0.4, 0.5) is 0 Å². The second-order valence-corrected chi connectivity index (χ2v) is 6.90. The number of nitrogens with zero attached hydrogens (tertiary/aromatic N) is 1. The van der Waals surface area contributed by atoms with Gasteiger partial charge in [0.1, 0.15) is 5.54 Å². The van der Waals surface area contributed by atoms with Crippen LogP contribution in [0.15, 0.2) is 24.3 Å². The Morgan fingerprint density at radius 1 is 1.50 bits per heavy atom. The second-order valence-electron chi connectivity index (χ2n) is 6.46. The van der Waals surface area contributed by atoms with Crippen molar-refractivity contribution in [2.45, 2.75) is 44.7 Å². The maximum atomic E-state index is 12.1. The van der Waals surface area contributed by atoms with Gasteiger partial charge in [-0.1, -0.05) is 37.6 Å². The van der Waals surface area contributed by atoms with Gasteiger partial charge < -0.3 is 5.32 Å². The van der Waals surface area contributed by atoms with Crippen LogP contribution in [0, 0.1) is 17.2 Å². The molecule has 1 aliphatic carbocycles. The lowest BCUT2D eigenvalue weighted by atomic mass is 9.90. The molecule has 0 bridgehead atoms. The van der Waals surface area contributed by atoms with Crippen molar-refractivity contribution in [2.24, 2.45) is 5.92 Å². The van der Waals surface area contributed by atoms with Gasteiger partial charge in [-0.05, 0) is 43.4 Å². The van der Waals surface area contributed by atoms with E-state index in [9.17, 15) is 10.1 Å². The van der Waals surface area contributed by atoms with Gasteiger partial charge in [0.25, 0.3) is 0 Å². The van der Waals surface area contributed by atoms with E-state index in [1.54, 1.807) is 6.92 Å². The van der Waals surface area contributed by atoms with Crippen LogP contribution in [0.1, 0.15) is 39.2 Å². The Bertz CT molecular complexity index is 604. The molecule has 0 aliphatic heterocycles. The van der Waals surface area contributed by atoms with E-state index in [0.717, 1.165) is 18.4 Å². The molecule has 22 heavy (non-hydrogen) atoms. The van der Waals surface area contributed by atoms with Gasteiger partial charge in [0.15, 0.2) is 0 Å². The first-order chi connectivity index (χ1) is 10.3. The average molecular weight is 320 g/mol. The average Bonchev–Trinajstić information content (AvgIpc) is 3.26. The molecule has 4 nitrogen and oxygen atoms in total. The SMILES string of the molecule is CC(C)[C@](C)(C#N)NC(=O)CNC1(c2cccc(Cl)c2)CC1. The maximum absolute atomic E-state index is 12.1. The smallest absolute Gasteiger partial charge is 0.235 e. The zero-order chi connectivity index (χ0) is 16.4. The van der Waals surface area contributed by atoms with E-state index in [4.69, 9.17) is 11.6 Å². The highest BCUT2D eigenvalue weighted by molar-refractivity contribution is 6.30. The van der Waals surface area contributed by atoms with Crippen LogP contribution in [-0.2, 0) is 10.3 Å². The summed E-state index contributed by atoms with van der Waals surface area (Å²) >= 11 is 6.04. The first kappa shape index (κ1) is 16.8. The quantitative estimate of drug-likeness (QED) is 0.847. The number of nitriles is 1. The number of nitrogens with one attached hydrogen (secondary N) is 2. The molecule has 1 aromatic rings. The van der Waals surface area contributed by atoms with Crippen molar-refractivity contribution in [3.8, 4) is 6.07 Å². The fourth-order valence-electron chi connectivity index (χ4n) is 2.36. The third-order valence-corrected chi connectivity index (χ3v) is 4.74. The molecule has 5 heteroatoms. The molecule has 0 heterocycles. The second kappa shape index (κ2) is 6.28. The predicted octanol–water partition coefficient (Wildman–Crippen LogP) is 2.97. The third kappa shape index (κ3) is 3.60. The summed E-state index contributed by atoms with van der Waals surface area (Å²) in [7, 11) is 0. The minimum atomic E-state index is -0.842. The zero-order valence-electron chi connectivity index (χ0n) is 13.2. The van der Waals surface area contributed by atoms with E-state index in [1.165, 1.54) is 0 Å². The number of benzene rings is 1. The Morgan fingerprint density at radius 2 is 2.18 bits per heavy atom. The van der Waals surface area contributed by atoms with Gasteiger partial charge in [0, 0.05) is 10.6 Å². The molecule has 1 fully saturated rings. The lowest BCUT2D eigenvalue weighted by Crippen LogP contribution is -2.52. The largest absolute Gasteiger partial charge is 0.337 e. The lowest BCUT2D eigenvalue weighted by molar-refractivity contribution is -0.122. The van der Waals surface area contributed by atoms with Gasteiger partial charge in [-0.2, -0.15) is 5.26 Å². The topological polar surface area (TPSA) is 64.9 Å². The number of carbonyl (C=O) groups excluding carboxylic acids is 1. The van der Waals surface area contributed by atoms with Crippen molar-refractivity contribution < 1.29 is 4.79 Å². The summed E-state index contributed by atoms with van der Waals surface area (Å²) in [6.45, 7) is 5.78. The minimum absolute atomic E-state index is 0.0456. The van der Waals surface area contributed by atoms with Gasteiger partial charge >= 0.3 is 0 Å². The number of hydrogen-bond acceptors (Lipinski definition) is 3. The number of rotatable bonds is 6. The van der Waals surface area contributed by atoms with E-state index < -0.39 is 5.54 Å². The summed E-state index contributed by atoms with van der Waals surface area (Å²) in [6.07, 6.45) is 1.97. The molecule has 1 atom stereocenters. The van der Waals surface area contributed by atoms with Gasteiger partial charge in [0.05, 0.1) is 12.6 Å². The Labute approximate surface area is 136 Å². The Balaban J connectivity index is 1.96. The summed E-state index contributed by atoms with van der Waals surface area (Å²) < 4.78 is 0. The highest BCUT2D eigenvalue weighted by atomic mass is 35.5. The van der Waals surface area contributed by atoms with E-state index in [2.05, 4.69) is 16.7 Å². The van der Waals surface area contributed by atoms with Crippen molar-refractivity contribution in [1.82, 2.24) is 10.6 Å². The molecule has 0 aromatic heterocycles. The molecule has 0 saturated heterocycles. The standard InChI is InChI=1S/C17H22ClN3O/c1-12(2)16(3,11-19)21-15(22)10-20-17(7-8-17)13-5-4-6-14(18)9-13/h4-6,9,12,20H,7-8,10H2,1-3H3,(H,21,22)/t16-/m0/s1. The number of hydrogen-bond donors (Lipinski definition) is 2. The molecule has 1 aromatic carbocycles. The summed E-state index contributed by atoms with van der Waals surface area (Å²) in [6, 6.07) is 9.91. The Hall–Kier alpha value is -1.57. The fraction of sp³-hybridized carbons (Fsp3) is 0.529. The Morgan fingerprint density at radius 3 is 2.68 bits per heavy atom. The van der Waals surface area contributed by atoms with E-state index in [-0.39, 0.29) is 23.9 Å². The maximum Gasteiger partial charge on any atom is 0.235 e. The number of carbonyl (C=O) groups is 1. The van der Waals surface area contributed by atoms with Gasteiger partial charge in [0.2, 0.25) is 5.91 Å². The van der Waals surface area contributed by atoms with Crippen LogP contribution in [0.25, 0.3) is 0 Å². The van der Waals surface area contributed by atoms with E-state index in [1.807, 2.05) is 38.1 Å². The minimum Gasteiger partial charge on any atom is -0.337 e. The van der Waals surface area contributed by atoms with Crippen LogP contribution in [0.3, 0.4) is 0 Å². The van der Waals surface area contributed by atoms with Gasteiger partial charge in [-0.25, -0.2) is 0 Å². The molecule has 0 spiro atoms. The molecule has 0 radical (unpaired) electrons. The molecular formula is C17H22ClN3O. The van der Waals surface area contributed by atoms with Crippen molar-refractivity contribution in [3.05, 3.63) is 34.9 Å². The summed E-state index contributed by atoms with van der Waals surface area (Å²) in [5.41, 5.74) is 0.119. The fourth-order valence-corrected chi connectivity index (χ4v) is 2.55. The summed E-state index contributed by atoms with van der Waals surface area (Å²) in [5.74, 6) is -0.115. The first-order valence-corrected chi connectivity index (χ1v) is 7.92. The monoisotopic (exact) mass is 319 g/mol. The first-order valence-electron chi connectivity index (χ1n) is 7.55. The molecule has 1 amide bonds. The van der Waals surface area contributed by atoms with E-state index >= 15 is 0 Å². The van der Waals surface area contributed by atoms with Crippen molar-refractivity contribution in [2.75, 3.05) is 6.54 Å². The van der Waals surface area contributed by atoms with Crippen molar-refractivity contribution in [3.63, 3.8) is 0 Å². The van der Waals surface area contributed by atoms with Gasteiger partial charge in [-0.15, -0.1) is 0 Å². The number of amides is 1. The van der Waals surface area contributed by atoms with Crippen molar-refractivity contribution in [1.29, 1.82) is 5.26 Å². The molecule has 1 aliphatic rings. The third-order valence-electron chi connectivity index (χ3n) is 4.50. The molecule has 2 rings (SSSR count). The highest BCUT2D eigenvalue weighted by Crippen LogP contribution is 2.45. The number of halogens is 1. The molecular weight excluding hydrogens is 298 g/mol. The predicted molar refractivity (Wildman–Crippen MR) is 87.4 cm³/mol. The zero-order valence-corrected chi connectivity index (χ0v) is 14.0. The molecule has 118 valence electrons. The normalized spacial score (nSPS) is 18.4. The molecule has 1 saturated carbocycles. The van der Waals surface area contributed by atoms with Crippen LogP contribution in [-0.4, -0.2) is 18.0 Å². The lowest BCUT2D eigenvalue weighted by Gasteiger charge is -2.28. The summed E-state index contributed by atoms with van der Waals surface area (Å²) in [5, 5.41) is 16.1. The van der Waals surface area contributed by atoms with Crippen molar-refractivity contribution >= 4 is 17.5 Å². The van der Waals surface area contributed by atoms with Crippen LogP contribution >= 0.6 is 11.6 Å². The van der Waals surface area contributed by atoms with Crippen LogP contribution in [0.2, 0.25) is 5.02 Å². The van der Waals surface area contributed by atoms with Gasteiger partial charge in [-0.3, -0.25) is 10.1 Å². The highest BCUT2D eigenvalue weighted by Gasteiger charge is 2.44.